The number of pyridine rings is 1. The number of rotatable bonds is 3. The molecule has 10 heteroatoms. The van der Waals surface area contributed by atoms with Crippen molar-refractivity contribution in [2.24, 2.45) is 0 Å². The molecule has 0 aliphatic rings. The monoisotopic (exact) mass is 445 g/mol. The number of fused-ring (bicyclic) bond motifs is 1. The minimum Gasteiger partial charge on any atom is -0.504 e. The Morgan fingerprint density at radius 3 is 2.41 bits per heavy atom. The number of aromatic hydroxyl groups is 1. The predicted molar refractivity (Wildman–Crippen MR) is 115 cm³/mol. The van der Waals surface area contributed by atoms with E-state index in [1.165, 1.54) is 23.9 Å². The molecule has 0 bridgehead atoms. The number of nitrogens with two attached hydrogens (primary N) is 1. The number of nitrogen functional groups attached to an aromatic ring is 1. The lowest BCUT2D eigenvalue weighted by atomic mass is 10.1. The van der Waals surface area contributed by atoms with E-state index in [-0.39, 0.29) is 11.3 Å². The van der Waals surface area contributed by atoms with Crippen molar-refractivity contribution in [1.29, 1.82) is 0 Å². The van der Waals surface area contributed by atoms with Gasteiger partial charge in [0.15, 0.2) is 17.1 Å². The maximum absolute atomic E-state index is 13.3. The van der Waals surface area contributed by atoms with Gasteiger partial charge in [0.1, 0.15) is 5.82 Å². The first kappa shape index (κ1) is 22.9. The summed E-state index contributed by atoms with van der Waals surface area (Å²) in [5, 5.41) is 14.6. The lowest BCUT2D eigenvalue weighted by Crippen LogP contribution is -2.11. The fourth-order valence-corrected chi connectivity index (χ4v) is 3.21. The summed E-state index contributed by atoms with van der Waals surface area (Å²) in [5.41, 5.74) is 6.96. The molecule has 3 N–H and O–H groups in total. The highest BCUT2D eigenvalue weighted by Gasteiger charge is 2.34. The van der Waals surface area contributed by atoms with Crippen molar-refractivity contribution < 1.29 is 23.0 Å². The lowest BCUT2D eigenvalue weighted by molar-refractivity contribution is -0.137. The number of aryl methyl sites for hydroxylation is 1. The highest BCUT2D eigenvalue weighted by molar-refractivity contribution is 5.70. The molecular formula is C22H22F3N5O2. The fraction of sp³-hybridized carbons (Fsp3) is 0.227. The van der Waals surface area contributed by atoms with Gasteiger partial charge in [0, 0.05) is 17.3 Å². The molecule has 0 atom stereocenters. The molecule has 0 fully saturated rings. The van der Waals surface area contributed by atoms with Crippen LogP contribution in [0, 0.1) is 6.92 Å². The van der Waals surface area contributed by atoms with E-state index in [9.17, 15) is 18.3 Å². The van der Waals surface area contributed by atoms with E-state index in [0.717, 1.165) is 6.07 Å². The van der Waals surface area contributed by atoms with E-state index >= 15 is 0 Å². The second kappa shape index (κ2) is 8.74. The second-order valence-electron chi connectivity index (χ2n) is 6.58. The lowest BCUT2D eigenvalue weighted by Gasteiger charge is -2.11. The summed E-state index contributed by atoms with van der Waals surface area (Å²) < 4.78 is 46.3. The third-order valence-corrected chi connectivity index (χ3v) is 4.62. The molecule has 0 unspecified atom stereocenters. The predicted octanol–water partition coefficient (Wildman–Crippen LogP) is 5.11. The molecule has 4 rings (SSSR count). The summed E-state index contributed by atoms with van der Waals surface area (Å²) in [5.74, 6) is -0.344. The van der Waals surface area contributed by atoms with E-state index in [1.807, 2.05) is 13.8 Å². The first-order valence-corrected chi connectivity index (χ1v) is 9.76. The third-order valence-electron chi connectivity index (χ3n) is 4.62. The summed E-state index contributed by atoms with van der Waals surface area (Å²) in [7, 11) is 1.44. The average molecular weight is 445 g/mol. The van der Waals surface area contributed by atoms with Crippen molar-refractivity contribution >= 4 is 11.5 Å². The number of imidazole rings is 1. The highest BCUT2D eigenvalue weighted by Crippen LogP contribution is 2.36. The van der Waals surface area contributed by atoms with Crippen LogP contribution in [0.5, 0.6) is 11.5 Å². The SMILES string of the molecule is CC.COc1ccc(-c2ccc3nc(C)c(-c4cnc(N)c(C(F)(F)F)c4)n3n2)cc1O. The van der Waals surface area contributed by atoms with Crippen molar-refractivity contribution in [3.63, 3.8) is 0 Å². The van der Waals surface area contributed by atoms with Gasteiger partial charge in [0.2, 0.25) is 0 Å². The molecular weight excluding hydrogens is 423 g/mol. The van der Waals surface area contributed by atoms with Crippen LogP contribution in [-0.4, -0.2) is 31.8 Å². The molecule has 0 saturated carbocycles. The largest absolute Gasteiger partial charge is 0.504 e. The van der Waals surface area contributed by atoms with Crippen LogP contribution in [0.15, 0.2) is 42.6 Å². The van der Waals surface area contributed by atoms with E-state index in [1.54, 1.807) is 31.2 Å². The van der Waals surface area contributed by atoms with Gasteiger partial charge in [0.05, 0.1) is 29.8 Å². The maximum Gasteiger partial charge on any atom is 0.419 e. The van der Waals surface area contributed by atoms with E-state index < -0.39 is 17.6 Å². The van der Waals surface area contributed by atoms with Crippen LogP contribution in [-0.2, 0) is 6.18 Å². The third kappa shape index (κ3) is 4.16. The van der Waals surface area contributed by atoms with Crippen LogP contribution in [0.1, 0.15) is 25.1 Å². The number of phenols is 1. The van der Waals surface area contributed by atoms with Gasteiger partial charge < -0.3 is 15.6 Å². The maximum atomic E-state index is 13.3. The highest BCUT2D eigenvalue weighted by atomic mass is 19.4. The fourth-order valence-electron chi connectivity index (χ4n) is 3.21. The first-order chi connectivity index (χ1) is 15.2. The molecule has 168 valence electrons. The van der Waals surface area contributed by atoms with Gasteiger partial charge in [-0.3, -0.25) is 0 Å². The van der Waals surface area contributed by atoms with Crippen molar-refractivity contribution in [3.8, 4) is 34.0 Å². The van der Waals surface area contributed by atoms with Crippen LogP contribution < -0.4 is 10.5 Å². The molecule has 0 aliphatic heterocycles. The Morgan fingerprint density at radius 1 is 1.06 bits per heavy atom. The van der Waals surface area contributed by atoms with Crippen molar-refractivity contribution in [3.05, 3.63) is 53.9 Å². The Morgan fingerprint density at radius 2 is 1.78 bits per heavy atom. The molecule has 7 nitrogen and oxygen atoms in total. The Balaban J connectivity index is 0.00000141. The Hall–Kier alpha value is -3.82. The molecule has 0 radical (unpaired) electrons. The Kier molecular flexibility index (Phi) is 6.24. The van der Waals surface area contributed by atoms with Crippen LogP contribution in [0.3, 0.4) is 0 Å². The summed E-state index contributed by atoms with van der Waals surface area (Å²) in [6.07, 6.45) is -3.38. The second-order valence-corrected chi connectivity index (χ2v) is 6.58. The van der Waals surface area contributed by atoms with Gasteiger partial charge in [-0.05, 0) is 43.3 Å². The standard InChI is InChI=1S/C20H16F3N5O2.C2H6/c1-10-18(12-7-13(20(21,22)23)19(24)25-9-12)28-17(26-10)6-4-14(27-28)11-3-5-16(30-2)15(29)8-11;1-2/h3-9,29H,1-2H3,(H2,24,25);1-2H3. The number of phenolic OH excluding ortho intramolecular Hbond substituents is 1. The van der Waals surface area contributed by atoms with Crippen LogP contribution in [0.25, 0.3) is 28.2 Å². The van der Waals surface area contributed by atoms with E-state index in [0.29, 0.717) is 34.0 Å². The van der Waals surface area contributed by atoms with Crippen molar-refractivity contribution in [2.75, 3.05) is 12.8 Å². The number of benzene rings is 1. The Labute approximate surface area is 182 Å². The smallest absolute Gasteiger partial charge is 0.419 e. The molecule has 1 aromatic carbocycles. The molecule has 32 heavy (non-hydrogen) atoms. The normalized spacial score (nSPS) is 11.2. The van der Waals surface area contributed by atoms with Gasteiger partial charge >= 0.3 is 6.18 Å². The summed E-state index contributed by atoms with van der Waals surface area (Å²) in [6, 6.07) is 9.12. The first-order valence-electron chi connectivity index (χ1n) is 9.76. The molecule has 0 aliphatic carbocycles. The molecule has 0 saturated heterocycles. The van der Waals surface area contributed by atoms with Crippen LogP contribution >= 0.6 is 0 Å². The van der Waals surface area contributed by atoms with Crippen LogP contribution in [0.2, 0.25) is 0 Å². The molecule has 3 aromatic heterocycles. The molecule has 3 heterocycles. The summed E-state index contributed by atoms with van der Waals surface area (Å²) in [6.45, 7) is 5.67. The van der Waals surface area contributed by atoms with Crippen molar-refractivity contribution in [2.45, 2.75) is 26.9 Å². The van der Waals surface area contributed by atoms with Gasteiger partial charge in [0.25, 0.3) is 0 Å². The number of nitrogens with zero attached hydrogens (tertiary/aromatic N) is 4. The van der Waals surface area contributed by atoms with Gasteiger partial charge in [-0.25, -0.2) is 14.5 Å². The quantitative estimate of drug-likeness (QED) is 0.455. The van der Waals surface area contributed by atoms with Crippen molar-refractivity contribution in [1.82, 2.24) is 19.6 Å². The van der Waals surface area contributed by atoms with Gasteiger partial charge in [-0.15, -0.1) is 0 Å². The number of ether oxygens (including phenoxy) is 1. The minimum atomic E-state index is -4.64. The average Bonchev–Trinajstić information content (AvgIpc) is 3.09. The zero-order valence-corrected chi connectivity index (χ0v) is 17.9. The van der Waals surface area contributed by atoms with Crippen LogP contribution in [0.4, 0.5) is 19.0 Å². The number of methoxy groups -OCH3 is 1. The number of alkyl halides is 3. The zero-order valence-electron chi connectivity index (χ0n) is 17.9. The topological polar surface area (TPSA) is 98.6 Å². The minimum absolute atomic E-state index is 0.0588. The van der Waals surface area contributed by atoms with E-state index in [4.69, 9.17) is 10.5 Å². The Bertz CT molecular complexity index is 1270. The number of halogens is 3. The molecule has 0 spiro atoms. The molecule has 0 amide bonds. The number of anilines is 1. The van der Waals surface area contributed by atoms with Gasteiger partial charge in [-0.1, -0.05) is 13.8 Å². The summed E-state index contributed by atoms with van der Waals surface area (Å²) >= 11 is 0. The van der Waals surface area contributed by atoms with Gasteiger partial charge in [-0.2, -0.15) is 18.3 Å². The number of aromatic nitrogens is 4. The number of hydrogen-bond acceptors (Lipinski definition) is 6. The zero-order chi connectivity index (χ0) is 23.6. The molecule has 4 aromatic rings. The summed E-state index contributed by atoms with van der Waals surface area (Å²) in [4.78, 5) is 8.08. The van der Waals surface area contributed by atoms with E-state index in [2.05, 4.69) is 15.1 Å². The number of hydrogen-bond donors (Lipinski definition) is 2.